The van der Waals surface area contributed by atoms with E-state index in [0.717, 1.165) is 11.1 Å². The Morgan fingerprint density at radius 2 is 2.22 bits per heavy atom. The van der Waals surface area contributed by atoms with E-state index in [1.165, 1.54) is 12.5 Å². The normalized spacial score (nSPS) is 13.4. The quantitative estimate of drug-likeness (QED) is 0.669. The number of hydrogen-bond donors (Lipinski definition) is 1. The first kappa shape index (κ1) is 15.6. The fourth-order valence-electron chi connectivity index (χ4n) is 2.17. The van der Waals surface area contributed by atoms with Crippen LogP contribution in [0.15, 0.2) is 39.6 Å². The number of aryl methyl sites for hydroxylation is 1. The molecule has 1 N–H and O–H groups in total. The van der Waals surface area contributed by atoms with Crippen molar-refractivity contribution < 1.29 is 13.9 Å². The molecule has 0 unspecified atom stereocenters. The molecule has 3 rings (SSSR count). The number of carbonyl (C=O) groups excluding carboxylic acids is 1. The Kier molecular flexibility index (Phi) is 4.41. The lowest BCUT2D eigenvalue weighted by Crippen LogP contribution is -2.18. The van der Waals surface area contributed by atoms with Gasteiger partial charge in [-0.2, -0.15) is 5.10 Å². The lowest BCUT2D eigenvalue weighted by atomic mass is 10.1. The third-order valence-corrected chi connectivity index (χ3v) is 3.76. The van der Waals surface area contributed by atoms with Gasteiger partial charge in [0.2, 0.25) is 0 Å². The van der Waals surface area contributed by atoms with E-state index in [2.05, 4.69) is 10.5 Å². The Morgan fingerprint density at radius 1 is 1.39 bits per heavy atom. The monoisotopic (exact) mass is 350 g/mol. The van der Waals surface area contributed by atoms with Crippen LogP contribution in [-0.2, 0) is 0 Å². The van der Waals surface area contributed by atoms with Gasteiger partial charge < -0.3 is 9.15 Å². The molecule has 2 heterocycles. The zero-order chi connectivity index (χ0) is 16.4. The average Bonchev–Trinajstić information content (AvgIpc) is 2.93. The fraction of sp³-hybridized carbons (Fsp3) is 0.125. The molecule has 0 saturated carbocycles. The number of ether oxygens (including phenoxy) is 1. The maximum absolute atomic E-state index is 11.9. The minimum atomic E-state index is -0.337. The van der Waals surface area contributed by atoms with E-state index in [1.54, 1.807) is 25.1 Å². The van der Waals surface area contributed by atoms with Gasteiger partial charge in [0.05, 0.1) is 23.1 Å². The summed E-state index contributed by atoms with van der Waals surface area (Å²) in [6.07, 6.45) is 4.83. The summed E-state index contributed by atoms with van der Waals surface area (Å²) in [4.78, 5) is 11.9. The van der Waals surface area contributed by atoms with Crippen LogP contribution < -0.4 is 10.2 Å². The Morgan fingerprint density at radius 3 is 2.96 bits per heavy atom. The van der Waals surface area contributed by atoms with Gasteiger partial charge in [-0.3, -0.25) is 4.79 Å². The summed E-state index contributed by atoms with van der Waals surface area (Å²) in [6, 6.07) is 4.97. The number of fused-ring (bicyclic) bond motifs is 1. The van der Waals surface area contributed by atoms with Gasteiger partial charge in [-0.25, -0.2) is 5.43 Å². The number of nitrogens with one attached hydrogen (secondary N) is 1. The highest BCUT2D eigenvalue weighted by Crippen LogP contribution is 2.36. The minimum Gasteiger partial charge on any atom is -0.487 e. The van der Waals surface area contributed by atoms with Crippen molar-refractivity contribution in [1.29, 1.82) is 0 Å². The van der Waals surface area contributed by atoms with Crippen LogP contribution in [0.4, 0.5) is 0 Å². The molecule has 1 aliphatic rings. The molecule has 1 amide bonds. The van der Waals surface area contributed by atoms with E-state index in [-0.39, 0.29) is 5.91 Å². The molecule has 23 heavy (non-hydrogen) atoms. The number of rotatable bonds is 3. The second kappa shape index (κ2) is 6.48. The summed E-state index contributed by atoms with van der Waals surface area (Å²) in [7, 11) is 0. The molecular formula is C16H12Cl2N2O3. The zero-order valence-electron chi connectivity index (χ0n) is 12.1. The number of halogens is 2. The Bertz CT molecular complexity index is 825. The van der Waals surface area contributed by atoms with Gasteiger partial charge in [0.15, 0.2) is 0 Å². The van der Waals surface area contributed by atoms with Crippen molar-refractivity contribution in [2.45, 2.75) is 6.92 Å². The maximum atomic E-state index is 11.9. The molecule has 0 spiro atoms. The summed E-state index contributed by atoms with van der Waals surface area (Å²) in [6.45, 7) is 2.01. The molecule has 0 atom stereocenters. The van der Waals surface area contributed by atoms with Crippen LogP contribution in [-0.4, -0.2) is 18.7 Å². The van der Waals surface area contributed by atoms with Crippen LogP contribution in [0.2, 0.25) is 10.0 Å². The highest BCUT2D eigenvalue weighted by Gasteiger charge is 2.15. The largest absolute Gasteiger partial charge is 0.487 e. The van der Waals surface area contributed by atoms with Crippen LogP contribution in [0, 0.1) is 6.92 Å². The fourth-order valence-corrected chi connectivity index (χ4v) is 2.73. The van der Waals surface area contributed by atoms with Crippen LogP contribution in [0.25, 0.3) is 6.08 Å². The highest BCUT2D eigenvalue weighted by molar-refractivity contribution is 6.36. The zero-order valence-corrected chi connectivity index (χ0v) is 13.6. The number of hydrogen-bond acceptors (Lipinski definition) is 4. The van der Waals surface area contributed by atoms with E-state index >= 15 is 0 Å². The number of amides is 1. The molecule has 1 aliphatic heterocycles. The first-order valence-corrected chi connectivity index (χ1v) is 7.50. The molecule has 0 aliphatic carbocycles. The van der Waals surface area contributed by atoms with Gasteiger partial charge in [0.1, 0.15) is 18.1 Å². The standard InChI is InChI=1S/C16H12Cl2N2O3/c1-9-13(2-3-22-9)16(21)20-19-7-10-4-11-5-12(17)6-14(18)15(11)23-8-10/h2-7H,8H2,1H3,(H,20,21)/b19-7-. The highest BCUT2D eigenvalue weighted by atomic mass is 35.5. The summed E-state index contributed by atoms with van der Waals surface area (Å²) in [5.41, 5.74) is 4.43. The Hall–Kier alpha value is -2.24. The number of nitrogens with zero attached hydrogens (tertiary/aromatic N) is 1. The van der Waals surface area contributed by atoms with Gasteiger partial charge >= 0.3 is 0 Å². The molecule has 2 aromatic rings. The van der Waals surface area contributed by atoms with Crippen molar-refractivity contribution in [3.8, 4) is 5.75 Å². The maximum Gasteiger partial charge on any atom is 0.274 e. The molecule has 0 saturated heterocycles. The number of hydrazone groups is 1. The van der Waals surface area contributed by atoms with Crippen molar-refractivity contribution in [1.82, 2.24) is 5.43 Å². The van der Waals surface area contributed by atoms with E-state index in [1.807, 2.05) is 6.08 Å². The first-order valence-electron chi connectivity index (χ1n) is 6.74. The van der Waals surface area contributed by atoms with E-state index in [4.69, 9.17) is 32.4 Å². The summed E-state index contributed by atoms with van der Waals surface area (Å²) < 4.78 is 10.7. The number of furan rings is 1. The van der Waals surface area contributed by atoms with Crippen molar-refractivity contribution in [3.63, 3.8) is 0 Å². The van der Waals surface area contributed by atoms with E-state index in [9.17, 15) is 4.79 Å². The van der Waals surface area contributed by atoms with Gasteiger partial charge in [0, 0.05) is 16.2 Å². The predicted molar refractivity (Wildman–Crippen MR) is 89.3 cm³/mol. The molecule has 0 radical (unpaired) electrons. The van der Waals surface area contributed by atoms with Crippen LogP contribution in [0.3, 0.4) is 0 Å². The lowest BCUT2D eigenvalue weighted by molar-refractivity contribution is 0.0953. The second-order valence-corrected chi connectivity index (χ2v) is 5.75. The Balaban J connectivity index is 1.72. The second-order valence-electron chi connectivity index (χ2n) is 4.90. The van der Waals surface area contributed by atoms with Crippen LogP contribution in [0.1, 0.15) is 21.7 Å². The topological polar surface area (TPSA) is 63.8 Å². The van der Waals surface area contributed by atoms with Crippen molar-refractivity contribution in [2.24, 2.45) is 5.10 Å². The molecule has 7 heteroatoms. The number of benzene rings is 1. The minimum absolute atomic E-state index is 0.304. The van der Waals surface area contributed by atoms with Crippen molar-refractivity contribution in [3.05, 3.63) is 57.0 Å². The van der Waals surface area contributed by atoms with Crippen LogP contribution in [0.5, 0.6) is 5.75 Å². The molecule has 0 fully saturated rings. The molecule has 0 bridgehead atoms. The van der Waals surface area contributed by atoms with E-state index < -0.39 is 0 Å². The summed E-state index contributed by atoms with van der Waals surface area (Å²) in [5, 5.41) is 4.91. The van der Waals surface area contributed by atoms with Gasteiger partial charge in [-0.15, -0.1) is 0 Å². The van der Waals surface area contributed by atoms with Crippen molar-refractivity contribution in [2.75, 3.05) is 6.61 Å². The number of carbonyl (C=O) groups is 1. The molecule has 1 aromatic carbocycles. The summed E-state index contributed by atoms with van der Waals surface area (Å²) >= 11 is 12.1. The van der Waals surface area contributed by atoms with Crippen molar-refractivity contribution >= 4 is 41.4 Å². The first-order chi connectivity index (χ1) is 11.0. The third-order valence-electron chi connectivity index (χ3n) is 3.26. The van der Waals surface area contributed by atoms with Gasteiger partial charge in [-0.1, -0.05) is 23.2 Å². The van der Waals surface area contributed by atoms with E-state index in [0.29, 0.717) is 33.7 Å². The smallest absolute Gasteiger partial charge is 0.274 e. The SMILES string of the molecule is Cc1occc1C(=O)N/N=C\C1=Cc2cc(Cl)cc(Cl)c2OC1. The molecular weight excluding hydrogens is 339 g/mol. The van der Waals surface area contributed by atoms with Gasteiger partial charge in [-0.05, 0) is 31.2 Å². The Labute approximate surface area is 142 Å². The summed E-state index contributed by atoms with van der Waals surface area (Å²) in [5.74, 6) is 0.790. The molecule has 5 nitrogen and oxygen atoms in total. The van der Waals surface area contributed by atoms with Gasteiger partial charge in [0.25, 0.3) is 5.91 Å². The lowest BCUT2D eigenvalue weighted by Gasteiger charge is -2.17. The predicted octanol–water partition coefficient (Wildman–Crippen LogP) is 4.09. The average molecular weight is 351 g/mol. The molecule has 1 aromatic heterocycles. The third kappa shape index (κ3) is 3.41. The van der Waals surface area contributed by atoms with Crippen LogP contribution >= 0.6 is 23.2 Å². The molecule has 118 valence electrons.